The van der Waals surface area contributed by atoms with E-state index in [0.29, 0.717) is 37.6 Å². The number of methoxy groups -OCH3 is 1. The zero-order valence-electron chi connectivity index (χ0n) is 9.94. The summed E-state index contributed by atoms with van der Waals surface area (Å²) in [5.41, 5.74) is 1.38. The Morgan fingerprint density at radius 1 is 1.41 bits per heavy atom. The summed E-state index contributed by atoms with van der Waals surface area (Å²) in [5, 5.41) is 0. The lowest BCUT2D eigenvalue weighted by molar-refractivity contribution is 0.0301. The molecule has 1 aromatic carbocycles. The zero-order valence-corrected chi connectivity index (χ0v) is 9.94. The molecule has 91 valence electrons. The minimum Gasteiger partial charge on any atom is -0.496 e. The Morgan fingerprint density at radius 3 is 2.76 bits per heavy atom. The molecule has 1 fully saturated rings. The van der Waals surface area contributed by atoms with Crippen molar-refractivity contribution in [3.05, 3.63) is 36.2 Å². The number of hydrogen-bond donors (Lipinski definition) is 0. The maximum Gasteiger partial charge on any atom is 0.257 e. The first-order chi connectivity index (χ1) is 8.22. The second kappa shape index (κ2) is 5.19. The summed E-state index contributed by atoms with van der Waals surface area (Å²) in [6.07, 6.45) is 0. The lowest BCUT2D eigenvalue weighted by Gasteiger charge is -2.27. The van der Waals surface area contributed by atoms with Crippen molar-refractivity contribution in [2.24, 2.45) is 0 Å². The lowest BCUT2D eigenvalue weighted by atomic mass is 10.1. The highest BCUT2D eigenvalue weighted by Crippen LogP contribution is 2.21. The van der Waals surface area contributed by atoms with Crippen LogP contribution in [0.2, 0.25) is 0 Å². The molecule has 1 radical (unpaired) electrons. The first kappa shape index (κ1) is 11.9. The third-order valence-corrected chi connectivity index (χ3v) is 2.79. The van der Waals surface area contributed by atoms with E-state index in [1.54, 1.807) is 24.1 Å². The summed E-state index contributed by atoms with van der Waals surface area (Å²) < 4.78 is 10.4. The van der Waals surface area contributed by atoms with E-state index in [-0.39, 0.29) is 5.91 Å². The summed E-state index contributed by atoms with van der Waals surface area (Å²) in [4.78, 5) is 14.1. The van der Waals surface area contributed by atoms with Crippen molar-refractivity contribution in [2.75, 3.05) is 33.4 Å². The number of rotatable bonds is 2. The molecular formula is C13H16NO3. The van der Waals surface area contributed by atoms with Crippen molar-refractivity contribution in [1.29, 1.82) is 0 Å². The maximum absolute atomic E-state index is 12.3. The summed E-state index contributed by atoms with van der Waals surface area (Å²) in [6, 6.07) is 5.36. The fourth-order valence-electron chi connectivity index (χ4n) is 1.86. The van der Waals surface area contributed by atoms with Crippen molar-refractivity contribution in [3.8, 4) is 5.75 Å². The molecule has 4 heteroatoms. The quantitative estimate of drug-likeness (QED) is 0.775. The first-order valence-corrected chi connectivity index (χ1v) is 5.59. The molecule has 1 aliphatic rings. The van der Waals surface area contributed by atoms with Gasteiger partial charge >= 0.3 is 0 Å². The van der Waals surface area contributed by atoms with Gasteiger partial charge in [0.1, 0.15) is 5.75 Å². The summed E-state index contributed by atoms with van der Waals surface area (Å²) in [5.74, 6) is 0.574. The monoisotopic (exact) mass is 234 g/mol. The molecule has 0 aliphatic carbocycles. The zero-order chi connectivity index (χ0) is 12.3. The van der Waals surface area contributed by atoms with E-state index in [4.69, 9.17) is 9.47 Å². The average molecular weight is 234 g/mol. The van der Waals surface area contributed by atoms with E-state index in [2.05, 4.69) is 6.92 Å². The highest BCUT2D eigenvalue weighted by atomic mass is 16.5. The molecule has 0 unspecified atom stereocenters. The topological polar surface area (TPSA) is 38.8 Å². The summed E-state index contributed by atoms with van der Waals surface area (Å²) in [7, 11) is 1.56. The maximum atomic E-state index is 12.3. The molecule has 1 aliphatic heterocycles. The highest BCUT2D eigenvalue weighted by molar-refractivity contribution is 5.97. The Kier molecular flexibility index (Phi) is 3.64. The van der Waals surface area contributed by atoms with Crippen LogP contribution >= 0.6 is 0 Å². The van der Waals surface area contributed by atoms with E-state index in [1.807, 2.05) is 6.07 Å². The van der Waals surface area contributed by atoms with Crippen molar-refractivity contribution in [1.82, 2.24) is 4.90 Å². The molecule has 1 saturated heterocycles. The first-order valence-electron chi connectivity index (χ1n) is 5.59. The fraction of sp³-hybridized carbons (Fsp3) is 0.385. The molecule has 4 nitrogen and oxygen atoms in total. The number of ether oxygens (including phenoxy) is 2. The Labute approximate surface area is 101 Å². The van der Waals surface area contributed by atoms with Gasteiger partial charge in [-0.05, 0) is 24.6 Å². The van der Waals surface area contributed by atoms with Gasteiger partial charge in [0.05, 0.1) is 25.9 Å². The van der Waals surface area contributed by atoms with Crippen LogP contribution in [-0.2, 0) is 4.74 Å². The number of amides is 1. The van der Waals surface area contributed by atoms with Gasteiger partial charge in [-0.1, -0.05) is 6.07 Å². The number of morpholine rings is 1. The van der Waals surface area contributed by atoms with Crippen molar-refractivity contribution in [3.63, 3.8) is 0 Å². The standard InChI is InChI=1S/C13H16NO3/c1-10-3-4-12(16-2)11(9-10)13(15)14-5-7-17-8-6-14/h3-4,9H,1,5-8H2,2H3. The third kappa shape index (κ3) is 2.58. The van der Waals surface area contributed by atoms with Gasteiger partial charge in [0.15, 0.2) is 0 Å². The van der Waals surface area contributed by atoms with Gasteiger partial charge in [0.2, 0.25) is 0 Å². The van der Waals surface area contributed by atoms with Crippen LogP contribution in [0.25, 0.3) is 0 Å². The normalized spacial score (nSPS) is 15.8. The van der Waals surface area contributed by atoms with E-state index in [0.717, 1.165) is 5.56 Å². The molecule has 1 aromatic rings. The molecule has 1 heterocycles. The number of benzene rings is 1. The smallest absolute Gasteiger partial charge is 0.257 e. The van der Waals surface area contributed by atoms with Gasteiger partial charge in [-0.3, -0.25) is 4.79 Å². The van der Waals surface area contributed by atoms with Gasteiger partial charge in [-0.2, -0.15) is 0 Å². The number of carbonyl (C=O) groups is 1. The predicted molar refractivity (Wildman–Crippen MR) is 64.2 cm³/mol. The largest absolute Gasteiger partial charge is 0.496 e. The molecule has 0 aromatic heterocycles. The Balaban J connectivity index is 2.25. The van der Waals surface area contributed by atoms with Gasteiger partial charge < -0.3 is 14.4 Å². The van der Waals surface area contributed by atoms with Crippen LogP contribution < -0.4 is 4.74 Å². The Morgan fingerprint density at radius 2 is 2.12 bits per heavy atom. The van der Waals surface area contributed by atoms with Crippen LogP contribution in [0, 0.1) is 6.92 Å². The third-order valence-electron chi connectivity index (χ3n) is 2.79. The SMILES string of the molecule is [CH2]c1ccc(OC)c(C(=O)N2CCOCC2)c1. The molecule has 2 rings (SSSR count). The second-order valence-electron chi connectivity index (χ2n) is 3.94. The van der Waals surface area contributed by atoms with Gasteiger partial charge in [0.25, 0.3) is 5.91 Å². The lowest BCUT2D eigenvalue weighted by Crippen LogP contribution is -2.40. The molecule has 0 bridgehead atoms. The molecule has 0 saturated carbocycles. The van der Waals surface area contributed by atoms with Gasteiger partial charge in [-0.25, -0.2) is 0 Å². The minimum absolute atomic E-state index is 0.0179. The fourth-order valence-corrected chi connectivity index (χ4v) is 1.86. The predicted octanol–water partition coefficient (Wildman–Crippen LogP) is 1.35. The van der Waals surface area contributed by atoms with Crippen LogP contribution in [-0.4, -0.2) is 44.2 Å². The van der Waals surface area contributed by atoms with Gasteiger partial charge in [0, 0.05) is 13.1 Å². The van der Waals surface area contributed by atoms with Crippen LogP contribution in [0.5, 0.6) is 5.75 Å². The molecule has 17 heavy (non-hydrogen) atoms. The molecular weight excluding hydrogens is 218 g/mol. The molecule has 0 spiro atoms. The molecule has 1 amide bonds. The van der Waals surface area contributed by atoms with E-state index >= 15 is 0 Å². The van der Waals surface area contributed by atoms with Crippen LogP contribution in [0.4, 0.5) is 0 Å². The molecule has 0 atom stereocenters. The second-order valence-corrected chi connectivity index (χ2v) is 3.94. The Bertz CT molecular complexity index is 411. The van der Waals surface area contributed by atoms with Gasteiger partial charge in [-0.15, -0.1) is 0 Å². The van der Waals surface area contributed by atoms with E-state index in [9.17, 15) is 4.79 Å². The van der Waals surface area contributed by atoms with Crippen LogP contribution in [0.15, 0.2) is 18.2 Å². The van der Waals surface area contributed by atoms with Crippen molar-refractivity contribution < 1.29 is 14.3 Å². The minimum atomic E-state index is -0.0179. The van der Waals surface area contributed by atoms with Crippen molar-refractivity contribution in [2.45, 2.75) is 0 Å². The number of nitrogens with zero attached hydrogens (tertiary/aromatic N) is 1. The van der Waals surface area contributed by atoms with E-state index < -0.39 is 0 Å². The Hall–Kier alpha value is -1.55. The van der Waals surface area contributed by atoms with Crippen LogP contribution in [0.1, 0.15) is 15.9 Å². The van der Waals surface area contributed by atoms with Crippen molar-refractivity contribution >= 4 is 5.91 Å². The number of carbonyl (C=O) groups excluding carboxylic acids is 1. The van der Waals surface area contributed by atoms with Crippen LogP contribution in [0.3, 0.4) is 0 Å². The van der Waals surface area contributed by atoms with E-state index in [1.165, 1.54) is 0 Å². The number of hydrogen-bond acceptors (Lipinski definition) is 3. The average Bonchev–Trinajstić information content (AvgIpc) is 2.39. The molecule has 0 N–H and O–H groups in total. The summed E-state index contributed by atoms with van der Waals surface area (Å²) >= 11 is 0. The summed E-state index contributed by atoms with van der Waals surface area (Å²) in [6.45, 7) is 6.28. The highest BCUT2D eigenvalue weighted by Gasteiger charge is 2.21.